The van der Waals surface area contributed by atoms with E-state index in [0.717, 1.165) is 31.8 Å². The van der Waals surface area contributed by atoms with E-state index in [-0.39, 0.29) is 11.9 Å². The highest BCUT2D eigenvalue weighted by Crippen LogP contribution is 2.17. The first kappa shape index (κ1) is 10.7. The number of hydrogen-bond donors (Lipinski definition) is 2. The minimum absolute atomic E-state index is 0.0599. The van der Waals surface area contributed by atoms with Crippen molar-refractivity contribution in [3.63, 3.8) is 0 Å². The maximum Gasteiger partial charge on any atom is 0.237 e. The van der Waals surface area contributed by atoms with Crippen LogP contribution in [-0.4, -0.2) is 25.0 Å². The minimum Gasteiger partial charge on any atom is -0.355 e. The summed E-state index contributed by atoms with van der Waals surface area (Å²) in [6, 6.07) is 0.0599. The molecular formula is C12H20N2O. The molecule has 1 heterocycles. The Labute approximate surface area is 91.3 Å². The molecule has 3 nitrogen and oxygen atoms in total. The van der Waals surface area contributed by atoms with Crippen LogP contribution in [0.25, 0.3) is 0 Å². The average molecular weight is 208 g/mol. The summed E-state index contributed by atoms with van der Waals surface area (Å²) in [7, 11) is 0. The van der Waals surface area contributed by atoms with Crippen molar-refractivity contribution in [2.45, 2.75) is 38.1 Å². The standard InChI is InChI=1S/C12H20N2O/c15-12-11(7-4-8-13-12)14-9-10-5-2-1-3-6-10/h1-2,10-11,14H,3-9H2,(H,13,15). The van der Waals surface area contributed by atoms with Gasteiger partial charge in [-0.2, -0.15) is 0 Å². The Morgan fingerprint density at radius 2 is 2.33 bits per heavy atom. The van der Waals surface area contributed by atoms with Crippen molar-refractivity contribution >= 4 is 5.91 Å². The van der Waals surface area contributed by atoms with Gasteiger partial charge in [-0.05, 0) is 44.6 Å². The molecule has 0 aromatic heterocycles. The van der Waals surface area contributed by atoms with Gasteiger partial charge in [0.25, 0.3) is 0 Å². The summed E-state index contributed by atoms with van der Waals surface area (Å²) >= 11 is 0. The number of piperidine rings is 1. The Kier molecular flexibility index (Phi) is 3.78. The number of rotatable bonds is 3. The van der Waals surface area contributed by atoms with Crippen LogP contribution in [0.5, 0.6) is 0 Å². The number of carbonyl (C=O) groups is 1. The Balaban J connectivity index is 1.72. The smallest absolute Gasteiger partial charge is 0.237 e. The van der Waals surface area contributed by atoms with Crippen LogP contribution in [0.3, 0.4) is 0 Å². The van der Waals surface area contributed by atoms with E-state index in [1.54, 1.807) is 0 Å². The topological polar surface area (TPSA) is 41.1 Å². The third kappa shape index (κ3) is 3.06. The molecule has 2 rings (SSSR count). The summed E-state index contributed by atoms with van der Waals surface area (Å²) in [5.74, 6) is 0.914. The van der Waals surface area contributed by atoms with Gasteiger partial charge in [-0.25, -0.2) is 0 Å². The van der Waals surface area contributed by atoms with Crippen LogP contribution in [0.2, 0.25) is 0 Å². The summed E-state index contributed by atoms with van der Waals surface area (Å²) in [5, 5.41) is 6.30. The molecule has 2 N–H and O–H groups in total. The van der Waals surface area contributed by atoms with Crippen molar-refractivity contribution in [2.24, 2.45) is 5.92 Å². The summed E-state index contributed by atoms with van der Waals surface area (Å²) in [5.41, 5.74) is 0. The van der Waals surface area contributed by atoms with Gasteiger partial charge in [0.1, 0.15) is 0 Å². The van der Waals surface area contributed by atoms with Gasteiger partial charge in [-0.1, -0.05) is 12.2 Å². The number of nitrogens with one attached hydrogen (secondary N) is 2. The molecule has 0 radical (unpaired) electrons. The molecule has 1 aliphatic carbocycles. The molecule has 2 aliphatic rings. The zero-order chi connectivity index (χ0) is 10.5. The van der Waals surface area contributed by atoms with E-state index in [2.05, 4.69) is 22.8 Å². The number of hydrogen-bond acceptors (Lipinski definition) is 2. The van der Waals surface area contributed by atoms with E-state index in [1.165, 1.54) is 19.3 Å². The number of amides is 1. The molecule has 0 bridgehead atoms. The zero-order valence-corrected chi connectivity index (χ0v) is 9.17. The van der Waals surface area contributed by atoms with Crippen LogP contribution in [0.4, 0.5) is 0 Å². The van der Waals surface area contributed by atoms with Crippen LogP contribution in [0.1, 0.15) is 32.1 Å². The molecular weight excluding hydrogens is 188 g/mol. The lowest BCUT2D eigenvalue weighted by atomic mass is 9.94. The summed E-state index contributed by atoms with van der Waals surface area (Å²) in [4.78, 5) is 11.5. The summed E-state index contributed by atoms with van der Waals surface area (Å²) < 4.78 is 0. The molecule has 2 unspecified atom stereocenters. The Bertz CT molecular complexity index is 250. The van der Waals surface area contributed by atoms with Crippen LogP contribution in [0, 0.1) is 5.92 Å². The maximum absolute atomic E-state index is 11.5. The minimum atomic E-state index is 0.0599. The Morgan fingerprint density at radius 1 is 1.40 bits per heavy atom. The van der Waals surface area contributed by atoms with Gasteiger partial charge in [-0.15, -0.1) is 0 Å². The molecule has 1 saturated heterocycles. The molecule has 1 fully saturated rings. The van der Waals surface area contributed by atoms with Crippen LogP contribution >= 0.6 is 0 Å². The van der Waals surface area contributed by atoms with E-state index >= 15 is 0 Å². The third-order valence-electron chi connectivity index (χ3n) is 3.32. The molecule has 2 atom stereocenters. The molecule has 3 heteroatoms. The van der Waals surface area contributed by atoms with E-state index in [9.17, 15) is 4.79 Å². The molecule has 0 aromatic rings. The van der Waals surface area contributed by atoms with Crippen molar-refractivity contribution in [1.82, 2.24) is 10.6 Å². The second kappa shape index (κ2) is 5.31. The van der Waals surface area contributed by atoms with Crippen molar-refractivity contribution < 1.29 is 4.79 Å². The van der Waals surface area contributed by atoms with Crippen molar-refractivity contribution in [1.29, 1.82) is 0 Å². The second-order valence-electron chi connectivity index (χ2n) is 4.54. The summed E-state index contributed by atoms with van der Waals surface area (Å²) in [6.07, 6.45) is 10.2. The molecule has 0 aromatic carbocycles. The highest BCUT2D eigenvalue weighted by molar-refractivity contribution is 5.82. The van der Waals surface area contributed by atoms with Crippen molar-refractivity contribution in [2.75, 3.05) is 13.1 Å². The molecule has 1 amide bonds. The predicted octanol–water partition coefficient (Wildman–Crippen LogP) is 1.21. The van der Waals surface area contributed by atoms with Gasteiger partial charge in [0.15, 0.2) is 0 Å². The molecule has 1 aliphatic heterocycles. The SMILES string of the molecule is O=C1NCCCC1NCC1CC=CCC1. The van der Waals surface area contributed by atoms with Gasteiger partial charge in [0, 0.05) is 6.54 Å². The lowest BCUT2D eigenvalue weighted by Gasteiger charge is -2.26. The van der Waals surface area contributed by atoms with Gasteiger partial charge in [0.2, 0.25) is 5.91 Å². The maximum atomic E-state index is 11.5. The highest BCUT2D eigenvalue weighted by atomic mass is 16.2. The monoisotopic (exact) mass is 208 g/mol. The largest absolute Gasteiger partial charge is 0.355 e. The highest BCUT2D eigenvalue weighted by Gasteiger charge is 2.22. The normalized spacial score (nSPS) is 31.3. The number of allylic oxidation sites excluding steroid dienone is 2. The lowest BCUT2D eigenvalue weighted by molar-refractivity contribution is -0.124. The fraction of sp³-hybridized carbons (Fsp3) is 0.750. The molecule has 0 spiro atoms. The molecule has 84 valence electrons. The fourth-order valence-corrected chi connectivity index (χ4v) is 2.32. The van der Waals surface area contributed by atoms with Gasteiger partial charge >= 0.3 is 0 Å². The van der Waals surface area contributed by atoms with Gasteiger partial charge in [0.05, 0.1) is 6.04 Å². The predicted molar refractivity (Wildman–Crippen MR) is 60.5 cm³/mol. The van der Waals surface area contributed by atoms with E-state index in [1.807, 2.05) is 0 Å². The first-order valence-electron chi connectivity index (χ1n) is 6.02. The van der Waals surface area contributed by atoms with Crippen molar-refractivity contribution in [3.8, 4) is 0 Å². The fourth-order valence-electron chi connectivity index (χ4n) is 2.32. The average Bonchev–Trinajstić information content (AvgIpc) is 2.29. The van der Waals surface area contributed by atoms with E-state index in [4.69, 9.17) is 0 Å². The lowest BCUT2D eigenvalue weighted by Crippen LogP contribution is -2.49. The Hall–Kier alpha value is -0.830. The van der Waals surface area contributed by atoms with Gasteiger partial charge in [-0.3, -0.25) is 4.79 Å². The van der Waals surface area contributed by atoms with Gasteiger partial charge < -0.3 is 10.6 Å². The van der Waals surface area contributed by atoms with Crippen LogP contribution in [0.15, 0.2) is 12.2 Å². The van der Waals surface area contributed by atoms with Crippen LogP contribution < -0.4 is 10.6 Å². The zero-order valence-electron chi connectivity index (χ0n) is 9.17. The molecule has 0 saturated carbocycles. The number of carbonyl (C=O) groups excluding carboxylic acids is 1. The third-order valence-corrected chi connectivity index (χ3v) is 3.32. The van der Waals surface area contributed by atoms with E-state index in [0.29, 0.717) is 0 Å². The first-order chi connectivity index (χ1) is 7.36. The first-order valence-corrected chi connectivity index (χ1v) is 6.02. The second-order valence-corrected chi connectivity index (χ2v) is 4.54. The molecule has 15 heavy (non-hydrogen) atoms. The Morgan fingerprint density at radius 3 is 3.07 bits per heavy atom. The quantitative estimate of drug-likeness (QED) is 0.684. The summed E-state index contributed by atoms with van der Waals surface area (Å²) in [6.45, 7) is 1.84. The van der Waals surface area contributed by atoms with Crippen LogP contribution in [-0.2, 0) is 4.79 Å². The van der Waals surface area contributed by atoms with Crippen molar-refractivity contribution in [3.05, 3.63) is 12.2 Å². The van der Waals surface area contributed by atoms with E-state index < -0.39 is 0 Å².